The third kappa shape index (κ3) is 3.42. The number of fused-ring (bicyclic) bond motifs is 1. The number of nitrogen functional groups attached to an aromatic ring is 1. The maximum Gasteiger partial charge on any atom is 0.353 e. The maximum atomic E-state index is 11.6. The van der Waals surface area contributed by atoms with Crippen molar-refractivity contribution in [2.45, 2.75) is 25.5 Å². The molecule has 124 valence electrons. The highest BCUT2D eigenvalue weighted by molar-refractivity contribution is 7.52. The van der Waals surface area contributed by atoms with Gasteiger partial charge in [-0.15, -0.1) is 0 Å². The van der Waals surface area contributed by atoms with Crippen molar-refractivity contribution in [3.05, 3.63) is 24.8 Å². The van der Waals surface area contributed by atoms with Gasteiger partial charge in [-0.2, -0.15) is 0 Å². The fourth-order valence-electron chi connectivity index (χ4n) is 2.52. The number of nitrogens with two attached hydrogens (primary N) is 1. The Kier molecular flexibility index (Phi) is 4.45. The van der Waals surface area contributed by atoms with Crippen molar-refractivity contribution in [1.29, 1.82) is 0 Å². The minimum absolute atomic E-state index is 0.00975. The second-order valence-electron chi connectivity index (χ2n) is 5.16. The molecule has 2 aromatic heterocycles. The van der Waals surface area contributed by atoms with Gasteiger partial charge < -0.3 is 24.5 Å². The summed E-state index contributed by atoms with van der Waals surface area (Å²) in [4.78, 5) is 21.9. The summed E-state index contributed by atoms with van der Waals surface area (Å²) in [5.41, 5.74) is 6.98. The number of hydrogen-bond acceptors (Lipinski definition) is 7. The number of anilines is 1. The van der Waals surface area contributed by atoms with Crippen molar-refractivity contribution in [1.82, 2.24) is 19.5 Å². The van der Waals surface area contributed by atoms with Gasteiger partial charge in [-0.25, -0.2) is 15.0 Å². The molecule has 1 unspecified atom stereocenters. The van der Waals surface area contributed by atoms with Gasteiger partial charge in [-0.3, -0.25) is 4.57 Å². The standard InChI is InChI=1S/C13H18N5O4P/c1-2-22-23(19,20)8-21-10-4-3-9(5-10)18-7-17-11-12(14)15-6-16-13(11)18/h3-4,6-7,9-10H,2,5,8H2,1H3,(H,19,20)(H2,14,15,16)/t9-,10+/m0/s1. The average molecular weight is 339 g/mol. The lowest BCUT2D eigenvalue weighted by molar-refractivity contribution is 0.0968. The molecule has 0 aromatic carbocycles. The molecular formula is C13H18N5O4P. The molecule has 3 rings (SSSR count). The Morgan fingerprint density at radius 1 is 1.43 bits per heavy atom. The van der Waals surface area contributed by atoms with Gasteiger partial charge in [0.25, 0.3) is 0 Å². The summed E-state index contributed by atoms with van der Waals surface area (Å²) in [7, 11) is -3.68. The summed E-state index contributed by atoms with van der Waals surface area (Å²) in [6.45, 7) is 1.83. The molecule has 1 aliphatic carbocycles. The van der Waals surface area contributed by atoms with Crippen LogP contribution in [-0.2, 0) is 13.8 Å². The van der Waals surface area contributed by atoms with Crippen LogP contribution in [0.4, 0.5) is 5.82 Å². The first-order valence-corrected chi connectivity index (χ1v) is 8.95. The molecule has 0 saturated heterocycles. The number of rotatable bonds is 6. The summed E-state index contributed by atoms with van der Waals surface area (Å²) >= 11 is 0. The fraction of sp³-hybridized carbons (Fsp3) is 0.462. The molecular weight excluding hydrogens is 321 g/mol. The largest absolute Gasteiger partial charge is 0.382 e. The number of aromatic nitrogens is 4. The minimum Gasteiger partial charge on any atom is -0.382 e. The van der Waals surface area contributed by atoms with E-state index in [4.69, 9.17) is 15.0 Å². The fourth-order valence-corrected chi connectivity index (χ4v) is 3.38. The molecule has 0 radical (unpaired) electrons. The van der Waals surface area contributed by atoms with E-state index in [-0.39, 0.29) is 25.1 Å². The van der Waals surface area contributed by atoms with Crippen LogP contribution < -0.4 is 5.73 Å². The quantitative estimate of drug-likeness (QED) is 0.599. The molecule has 0 bridgehead atoms. The van der Waals surface area contributed by atoms with Crippen LogP contribution >= 0.6 is 7.60 Å². The van der Waals surface area contributed by atoms with E-state index in [9.17, 15) is 9.46 Å². The predicted octanol–water partition coefficient (Wildman–Crippen LogP) is 1.47. The van der Waals surface area contributed by atoms with Crippen LogP contribution in [0.3, 0.4) is 0 Å². The number of hydrogen-bond donors (Lipinski definition) is 2. The Morgan fingerprint density at radius 2 is 2.26 bits per heavy atom. The molecule has 3 atom stereocenters. The molecule has 10 heteroatoms. The van der Waals surface area contributed by atoms with Gasteiger partial charge in [0.2, 0.25) is 0 Å². The molecule has 2 heterocycles. The topological polar surface area (TPSA) is 125 Å². The lowest BCUT2D eigenvalue weighted by atomic mass is 10.2. The van der Waals surface area contributed by atoms with Crippen LogP contribution in [-0.4, -0.2) is 43.5 Å². The Bertz CT molecular complexity index is 777. The molecule has 0 aliphatic heterocycles. The van der Waals surface area contributed by atoms with Crippen molar-refractivity contribution in [2.24, 2.45) is 0 Å². The minimum atomic E-state index is -3.68. The zero-order valence-electron chi connectivity index (χ0n) is 12.6. The van der Waals surface area contributed by atoms with Crippen LogP contribution in [0.25, 0.3) is 11.2 Å². The van der Waals surface area contributed by atoms with Gasteiger partial charge in [-0.1, -0.05) is 12.2 Å². The SMILES string of the molecule is CCOP(=O)(O)CO[C@@H]1C=C[C@H](n2cnc3c(N)ncnc32)C1. The number of allylic oxidation sites excluding steroid dienone is 1. The Hall–Kier alpha value is -1.80. The van der Waals surface area contributed by atoms with Crippen molar-refractivity contribution in [3.63, 3.8) is 0 Å². The number of imidazole rings is 1. The van der Waals surface area contributed by atoms with Gasteiger partial charge in [0.05, 0.1) is 25.1 Å². The first kappa shape index (κ1) is 16.1. The summed E-state index contributed by atoms with van der Waals surface area (Å²) < 4.78 is 23.8. The van der Waals surface area contributed by atoms with E-state index in [0.717, 1.165) is 0 Å². The van der Waals surface area contributed by atoms with Gasteiger partial charge in [-0.05, 0) is 6.92 Å². The van der Waals surface area contributed by atoms with Crippen LogP contribution in [0, 0.1) is 0 Å². The zero-order valence-corrected chi connectivity index (χ0v) is 13.5. The molecule has 0 spiro atoms. The molecule has 2 aromatic rings. The van der Waals surface area contributed by atoms with Gasteiger partial charge >= 0.3 is 7.60 Å². The van der Waals surface area contributed by atoms with E-state index in [1.807, 2.05) is 16.7 Å². The van der Waals surface area contributed by atoms with E-state index < -0.39 is 7.60 Å². The smallest absolute Gasteiger partial charge is 0.353 e. The van der Waals surface area contributed by atoms with Crippen molar-refractivity contribution in [2.75, 3.05) is 18.7 Å². The Balaban J connectivity index is 1.67. The van der Waals surface area contributed by atoms with Crippen molar-refractivity contribution < 1.29 is 18.7 Å². The van der Waals surface area contributed by atoms with Gasteiger partial charge in [0, 0.05) is 6.42 Å². The van der Waals surface area contributed by atoms with Gasteiger partial charge in [0.15, 0.2) is 11.5 Å². The normalized spacial score (nSPS) is 23.4. The maximum absolute atomic E-state index is 11.6. The predicted molar refractivity (Wildman–Crippen MR) is 83.7 cm³/mol. The molecule has 1 aliphatic rings. The first-order valence-electron chi connectivity index (χ1n) is 7.19. The van der Waals surface area contributed by atoms with Crippen LogP contribution in [0.15, 0.2) is 24.8 Å². The summed E-state index contributed by atoms with van der Waals surface area (Å²) in [5.74, 6) is 0.335. The molecule has 0 saturated carbocycles. The molecule has 3 N–H and O–H groups in total. The Labute approximate surface area is 132 Å². The van der Waals surface area contributed by atoms with Gasteiger partial charge in [0.1, 0.15) is 18.2 Å². The van der Waals surface area contributed by atoms with E-state index in [2.05, 4.69) is 15.0 Å². The third-order valence-corrected chi connectivity index (χ3v) is 4.69. The van der Waals surface area contributed by atoms with Crippen molar-refractivity contribution >= 4 is 24.6 Å². The van der Waals surface area contributed by atoms with Crippen LogP contribution in [0.1, 0.15) is 19.4 Å². The molecule has 23 heavy (non-hydrogen) atoms. The highest BCUT2D eigenvalue weighted by Gasteiger charge is 2.26. The first-order chi connectivity index (χ1) is 11.0. The van der Waals surface area contributed by atoms with Crippen LogP contribution in [0.5, 0.6) is 0 Å². The van der Waals surface area contributed by atoms with E-state index in [1.54, 1.807) is 13.3 Å². The third-order valence-electron chi connectivity index (χ3n) is 3.55. The lowest BCUT2D eigenvalue weighted by Crippen LogP contribution is -2.13. The number of nitrogens with zero attached hydrogens (tertiary/aromatic N) is 4. The zero-order chi connectivity index (χ0) is 16.4. The summed E-state index contributed by atoms with van der Waals surface area (Å²) in [6.07, 6.45) is 6.87. The lowest BCUT2D eigenvalue weighted by Gasteiger charge is -2.16. The number of ether oxygens (including phenoxy) is 1. The monoisotopic (exact) mass is 339 g/mol. The highest BCUT2D eigenvalue weighted by atomic mass is 31.2. The second kappa shape index (κ2) is 6.37. The Morgan fingerprint density at radius 3 is 3.04 bits per heavy atom. The molecule has 0 amide bonds. The molecule has 9 nitrogen and oxygen atoms in total. The van der Waals surface area contributed by atoms with Crippen LogP contribution in [0.2, 0.25) is 0 Å². The summed E-state index contributed by atoms with van der Waals surface area (Å²) in [6, 6.07) is -0.00975. The second-order valence-corrected chi connectivity index (χ2v) is 6.95. The molecule has 0 fully saturated rings. The van der Waals surface area contributed by atoms with E-state index in [0.29, 0.717) is 23.4 Å². The van der Waals surface area contributed by atoms with E-state index in [1.165, 1.54) is 6.33 Å². The van der Waals surface area contributed by atoms with Crippen molar-refractivity contribution in [3.8, 4) is 0 Å². The highest BCUT2D eigenvalue weighted by Crippen LogP contribution is 2.42. The van der Waals surface area contributed by atoms with E-state index >= 15 is 0 Å². The average Bonchev–Trinajstić information content (AvgIpc) is 3.12. The summed E-state index contributed by atoms with van der Waals surface area (Å²) in [5, 5.41) is 0.